The number of alkyl carbamates (subject to hydrolysis) is 1. The Bertz CT molecular complexity index is 604. The number of carbonyl (C=O) groups is 1. The maximum absolute atomic E-state index is 12.3. The number of alkyl halides is 3. The van der Waals surface area contributed by atoms with Gasteiger partial charge in [-0.3, -0.25) is 0 Å². The van der Waals surface area contributed by atoms with E-state index >= 15 is 0 Å². The molecule has 5 nitrogen and oxygen atoms in total. The topological polar surface area (TPSA) is 71.3 Å². The maximum Gasteiger partial charge on any atom is 0.573 e. The van der Waals surface area contributed by atoms with Crippen molar-refractivity contribution in [2.24, 2.45) is 0 Å². The molecule has 8 heteroatoms. The van der Waals surface area contributed by atoms with Crippen LogP contribution in [0.1, 0.15) is 45.3 Å². The van der Waals surface area contributed by atoms with Crippen LogP contribution in [0.3, 0.4) is 0 Å². The first-order valence-corrected chi connectivity index (χ1v) is 7.21. The van der Waals surface area contributed by atoms with Gasteiger partial charge in [0.1, 0.15) is 11.9 Å². The molecule has 0 saturated carbocycles. The summed E-state index contributed by atoms with van der Waals surface area (Å²) in [6.07, 6.45) is -6.15. The first kappa shape index (κ1) is 19.6. The Morgan fingerprint density at radius 3 is 2.54 bits per heavy atom. The zero-order chi connectivity index (χ0) is 18.4. The molecule has 0 aliphatic heterocycles. The predicted molar refractivity (Wildman–Crippen MR) is 80.1 cm³/mol. The third-order valence-corrected chi connectivity index (χ3v) is 2.71. The minimum absolute atomic E-state index is 0.0812. The van der Waals surface area contributed by atoms with Gasteiger partial charge in [0, 0.05) is 18.4 Å². The van der Waals surface area contributed by atoms with Crippen molar-refractivity contribution in [2.45, 2.75) is 51.6 Å². The number of amides is 1. The summed E-state index contributed by atoms with van der Waals surface area (Å²) in [7, 11) is 0. The second-order valence-electron chi connectivity index (χ2n) is 6.09. The lowest BCUT2D eigenvalue weighted by Crippen LogP contribution is -2.41. The summed E-state index contributed by atoms with van der Waals surface area (Å²) >= 11 is 0. The molecule has 24 heavy (non-hydrogen) atoms. The highest BCUT2D eigenvalue weighted by Gasteiger charge is 2.31. The van der Waals surface area contributed by atoms with E-state index in [1.54, 1.807) is 20.8 Å². The van der Waals surface area contributed by atoms with Crippen LogP contribution in [0.15, 0.2) is 24.3 Å². The van der Waals surface area contributed by atoms with Crippen LogP contribution in [0.5, 0.6) is 5.75 Å². The molecule has 0 spiro atoms. The third kappa shape index (κ3) is 7.72. The maximum atomic E-state index is 12.3. The van der Waals surface area contributed by atoms with Gasteiger partial charge in [0.05, 0.1) is 6.07 Å². The summed E-state index contributed by atoms with van der Waals surface area (Å²) in [5.41, 5.74) is -0.214. The minimum atomic E-state index is -4.81. The fourth-order valence-corrected chi connectivity index (χ4v) is 1.87. The van der Waals surface area contributed by atoms with E-state index in [0.29, 0.717) is 5.56 Å². The summed E-state index contributed by atoms with van der Waals surface area (Å²) in [6.45, 7) is 5.28. The summed E-state index contributed by atoms with van der Waals surface area (Å²) in [5, 5.41) is 11.3. The average Bonchev–Trinajstić information content (AvgIpc) is 2.39. The molecule has 0 unspecified atom stereocenters. The SMILES string of the molecule is CC(C)(C)NC(=O)O[C@@H](CCC#N)c1cccc(OC(F)(F)F)c1. The number of benzene rings is 1. The van der Waals surface area contributed by atoms with Crippen LogP contribution in [0, 0.1) is 11.3 Å². The first-order valence-electron chi connectivity index (χ1n) is 7.21. The summed E-state index contributed by atoms with van der Waals surface area (Å²) in [4.78, 5) is 11.9. The Labute approximate surface area is 138 Å². The highest BCUT2D eigenvalue weighted by Crippen LogP contribution is 2.29. The molecule has 0 aliphatic carbocycles. The van der Waals surface area contributed by atoms with Crippen molar-refractivity contribution >= 4 is 6.09 Å². The normalized spacial score (nSPS) is 12.9. The molecule has 132 valence electrons. The fourth-order valence-electron chi connectivity index (χ4n) is 1.87. The number of nitrogens with zero attached hydrogens (tertiary/aromatic N) is 1. The van der Waals surface area contributed by atoms with E-state index in [-0.39, 0.29) is 12.8 Å². The number of halogens is 3. The summed E-state index contributed by atoms with van der Waals surface area (Å²) < 4.78 is 46.1. The van der Waals surface area contributed by atoms with Gasteiger partial charge in [-0.1, -0.05) is 12.1 Å². The van der Waals surface area contributed by atoms with Gasteiger partial charge in [0.15, 0.2) is 0 Å². The Morgan fingerprint density at radius 2 is 2.00 bits per heavy atom. The quantitative estimate of drug-likeness (QED) is 0.856. The Morgan fingerprint density at radius 1 is 1.33 bits per heavy atom. The molecule has 0 bridgehead atoms. The lowest BCUT2D eigenvalue weighted by Gasteiger charge is -2.24. The van der Waals surface area contributed by atoms with E-state index in [1.807, 2.05) is 6.07 Å². The largest absolute Gasteiger partial charge is 0.573 e. The molecule has 1 N–H and O–H groups in total. The van der Waals surface area contributed by atoms with Gasteiger partial charge >= 0.3 is 12.5 Å². The number of hydrogen-bond acceptors (Lipinski definition) is 4. The van der Waals surface area contributed by atoms with Crippen LogP contribution >= 0.6 is 0 Å². The predicted octanol–water partition coefficient (Wildman–Crippen LogP) is 4.45. The molecule has 0 saturated heterocycles. The second kappa shape index (κ2) is 7.90. The summed E-state index contributed by atoms with van der Waals surface area (Å²) in [5.74, 6) is -0.415. The fraction of sp³-hybridized carbons (Fsp3) is 0.500. The van der Waals surface area contributed by atoms with E-state index in [1.165, 1.54) is 12.1 Å². The number of hydrogen-bond donors (Lipinski definition) is 1. The molecular formula is C16H19F3N2O3. The highest BCUT2D eigenvalue weighted by molar-refractivity contribution is 5.68. The van der Waals surface area contributed by atoms with Crippen molar-refractivity contribution in [3.8, 4) is 11.8 Å². The Balaban J connectivity index is 2.93. The van der Waals surface area contributed by atoms with Crippen LogP contribution in [-0.4, -0.2) is 18.0 Å². The van der Waals surface area contributed by atoms with Gasteiger partial charge in [-0.2, -0.15) is 5.26 Å². The number of rotatable bonds is 5. The van der Waals surface area contributed by atoms with Crippen LogP contribution in [-0.2, 0) is 4.74 Å². The molecule has 1 aromatic rings. The average molecular weight is 344 g/mol. The minimum Gasteiger partial charge on any atom is -0.441 e. The van der Waals surface area contributed by atoms with Crippen LogP contribution in [0.25, 0.3) is 0 Å². The molecule has 1 aromatic carbocycles. The third-order valence-electron chi connectivity index (χ3n) is 2.71. The molecule has 1 rings (SSSR count). The summed E-state index contributed by atoms with van der Waals surface area (Å²) in [6, 6.07) is 7.08. The number of nitriles is 1. The van der Waals surface area contributed by atoms with Crippen LogP contribution < -0.4 is 10.1 Å². The van der Waals surface area contributed by atoms with E-state index in [0.717, 1.165) is 12.1 Å². The molecule has 0 heterocycles. The van der Waals surface area contributed by atoms with Gasteiger partial charge in [0.2, 0.25) is 0 Å². The van der Waals surface area contributed by atoms with Gasteiger partial charge in [-0.15, -0.1) is 13.2 Å². The smallest absolute Gasteiger partial charge is 0.441 e. The Kier molecular flexibility index (Phi) is 6.46. The lowest BCUT2D eigenvalue weighted by molar-refractivity contribution is -0.274. The molecule has 0 fully saturated rings. The van der Waals surface area contributed by atoms with Crippen LogP contribution in [0.4, 0.5) is 18.0 Å². The van der Waals surface area contributed by atoms with Gasteiger partial charge in [-0.25, -0.2) is 4.79 Å². The monoisotopic (exact) mass is 344 g/mol. The van der Waals surface area contributed by atoms with Crippen LogP contribution in [0.2, 0.25) is 0 Å². The van der Waals surface area contributed by atoms with Crippen molar-refractivity contribution < 1.29 is 27.4 Å². The number of nitrogens with one attached hydrogen (secondary N) is 1. The van der Waals surface area contributed by atoms with Gasteiger partial charge < -0.3 is 14.8 Å². The second-order valence-corrected chi connectivity index (χ2v) is 6.09. The zero-order valence-electron chi connectivity index (χ0n) is 13.6. The zero-order valence-corrected chi connectivity index (χ0v) is 13.6. The molecule has 0 aromatic heterocycles. The van der Waals surface area contributed by atoms with Crippen molar-refractivity contribution in [3.63, 3.8) is 0 Å². The van der Waals surface area contributed by atoms with E-state index in [4.69, 9.17) is 10.00 Å². The van der Waals surface area contributed by atoms with E-state index < -0.39 is 29.8 Å². The molecule has 1 amide bonds. The number of carbonyl (C=O) groups excluding carboxylic acids is 1. The number of ether oxygens (including phenoxy) is 2. The van der Waals surface area contributed by atoms with Crippen molar-refractivity contribution in [3.05, 3.63) is 29.8 Å². The van der Waals surface area contributed by atoms with Gasteiger partial charge in [-0.05, 0) is 38.5 Å². The molecule has 0 aliphatic rings. The van der Waals surface area contributed by atoms with Crippen molar-refractivity contribution in [2.75, 3.05) is 0 Å². The molecule has 1 atom stereocenters. The lowest BCUT2D eigenvalue weighted by atomic mass is 10.0. The Hall–Kier alpha value is -2.43. The first-order chi connectivity index (χ1) is 11.0. The highest BCUT2D eigenvalue weighted by atomic mass is 19.4. The van der Waals surface area contributed by atoms with E-state index in [9.17, 15) is 18.0 Å². The van der Waals surface area contributed by atoms with Crippen molar-refractivity contribution in [1.82, 2.24) is 5.32 Å². The van der Waals surface area contributed by atoms with E-state index in [2.05, 4.69) is 10.1 Å². The molecule has 0 radical (unpaired) electrons. The van der Waals surface area contributed by atoms with Crippen molar-refractivity contribution in [1.29, 1.82) is 5.26 Å². The molecular weight excluding hydrogens is 325 g/mol. The standard InChI is InChI=1S/C16H19F3N2O3/c1-15(2,3)21-14(22)23-13(8-5-9-20)11-6-4-7-12(10-11)24-16(17,18)19/h4,6-7,10,13H,5,8H2,1-3H3,(H,21,22)/t13-/m0/s1. The van der Waals surface area contributed by atoms with Gasteiger partial charge in [0.25, 0.3) is 0 Å².